The van der Waals surface area contributed by atoms with Crippen LogP contribution in [0.4, 0.5) is 10.1 Å². The number of hydrogen-bond donors (Lipinski definition) is 0. The Morgan fingerprint density at radius 2 is 1.74 bits per heavy atom. The molecule has 0 aliphatic rings. The Kier molecular flexibility index (Phi) is 3.95. The number of ketones is 1. The summed E-state index contributed by atoms with van der Waals surface area (Å²) in [6.07, 6.45) is 0. The van der Waals surface area contributed by atoms with Gasteiger partial charge >= 0.3 is 0 Å². The largest absolute Gasteiger partial charge is 0.370 e. The van der Waals surface area contributed by atoms with Crippen LogP contribution in [0.5, 0.6) is 0 Å². The monoisotopic (exact) mass is 257 g/mol. The lowest BCUT2D eigenvalue weighted by Gasteiger charge is -2.21. The van der Waals surface area contributed by atoms with Crippen LogP contribution in [-0.2, 0) is 6.54 Å². The van der Waals surface area contributed by atoms with Gasteiger partial charge in [-0.3, -0.25) is 4.79 Å². The number of benzene rings is 2. The summed E-state index contributed by atoms with van der Waals surface area (Å²) in [6.45, 7) is 2.19. The Morgan fingerprint density at radius 1 is 1.11 bits per heavy atom. The van der Waals surface area contributed by atoms with E-state index in [1.165, 1.54) is 12.1 Å². The number of rotatable bonds is 4. The number of nitrogens with zero attached hydrogens (tertiary/aromatic N) is 1. The predicted molar refractivity (Wildman–Crippen MR) is 75.0 cm³/mol. The first kappa shape index (κ1) is 13.3. The van der Waals surface area contributed by atoms with Crippen molar-refractivity contribution in [3.8, 4) is 0 Å². The van der Waals surface area contributed by atoms with Crippen LogP contribution >= 0.6 is 0 Å². The van der Waals surface area contributed by atoms with Gasteiger partial charge in [0.25, 0.3) is 0 Å². The number of carbonyl (C=O) groups is 1. The summed E-state index contributed by atoms with van der Waals surface area (Å²) in [5, 5.41) is 0. The van der Waals surface area contributed by atoms with Crippen molar-refractivity contribution in [2.45, 2.75) is 13.5 Å². The molecule has 0 aliphatic heterocycles. The van der Waals surface area contributed by atoms with Gasteiger partial charge in [-0.2, -0.15) is 0 Å². The summed E-state index contributed by atoms with van der Waals surface area (Å²) in [4.78, 5) is 13.6. The topological polar surface area (TPSA) is 20.3 Å². The van der Waals surface area contributed by atoms with Crippen molar-refractivity contribution in [2.24, 2.45) is 0 Å². The van der Waals surface area contributed by atoms with Gasteiger partial charge in [-0.1, -0.05) is 24.3 Å². The molecular formula is C16H16FNO. The molecule has 2 aromatic carbocycles. The van der Waals surface area contributed by atoms with Crippen LogP contribution in [0.2, 0.25) is 0 Å². The van der Waals surface area contributed by atoms with E-state index < -0.39 is 0 Å². The quantitative estimate of drug-likeness (QED) is 0.779. The third kappa shape index (κ3) is 3.19. The van der Waals surface area contributed by atoms with Gasteiger partial charge in [-0.25, -0.2) is 4.39 Å². The first-order valence-corrected chi connectivity index (χ1v) is 6.13. The molecule has 2 nitrogen and oxygen atoms in total. The Balaban J connectivity index is 2.22. The summed E-state index contributed by atoms with van der Waals surface area (Å²) in [5.41, 5.74) is 2.59. The summed E-state index contributed by atoms with van der Waals surface area (Å²) in [7, 11) is 1.92. The first-order chi connectivity index (χ1) is 9.08. The molecular weight excluding hydrogens is 241 g/mol. The van der Waals surface area contributed by atoms with Crippen LogP contribution < -0.4 is 4.90 Å². The van der Waals surface area contributed by atoms with Gasteiger partial charge in [-0.05, 0) is 36.8 Å². The second kappa shape index (κ2) is 5.65. The lowest BCUT2D eigenvalue weighted by atomic mass is 10.1. The Bertz CT molecular complexity index is 578. The fraction of sp³-hybridized carbons (Fsp3) is 0.188. The highest BCUT2D eigenvalue weighted by Gasteiger charge is 2.10. The molecule has 98 valence electrons. The molecule has 0 amide bonds. The maximum atomic E-state index is 12.9. The highest BCUT2D eigenvalue weighted by Crippen LogP contribution is 2.21. The Morgan fingerprint density at radius 3 is 2.37 bits per heavy atom. The van der Waals surface area contributed by atoms with Crippen molar-refractivity contribution >= 4 is 11.5 Å². The lowest BCUT2D eigenvalue weighted by Crippen LogP contribution is -2.18. The molecule has 0 bridgehead atoms. The van der Waals surface area contributed by atoms with E-state index in [0.717, 1.165) is 11.3 Å². The molecule has 0 aliphatic carbocycles. The zero-order chi connectivity index (χ0) is 13.8. The highest BCUT2D eigenvalue weighted by molar-refractivity contribution is 5.99. The molecule has 0 heterocycles. The van der Waals surface area contributed by atoms with E-state index in [4.69, 9.17) is 0 Å². The van der Waals surface area contributed by atoms with Gasteiger partial charge in [-0.15, -0.1) is 0 Å². The summed E-state index contributed by atoms with van der Waals surface area (Å²) < 4.78 is 12.9. The van der Waals surface area contributed by atoms with E-state index in [-0.39, 0.29) is 11.6 Å². The van der Waals surface area contributed by atoms with Crippen LogP contribution in [-0.4, -0.2) is 12.8 Å². The van der Waals surface area contributed by atoms with E-state index in [9.17, 15) is 9.18 Å². The molecule has 0 fully saturated rings. The predicted octanol–water partition coefficient (Wildman–Crippen LogP) is 3.66. The van der Waals surface area contributed by atoms with Crippen LogP contribution in [0.25, 0.3) is 0 Å². The van der Waals surface area contributed by atoms with Crippen LogP contribution in [0.15, 0.2) is 48.5 Å². The van der Waals surface area contributed by atoms with Crippen LogP contribution in [0.1, 0.15) is 22.8 Å². The summed E-state index contributed by atoms with van der Waals surface area (Å²) in [6, 6.07) is 13.9. The molecule has 0 saturated heterocycles. The van der Waals surface area contributed by atoms with Crippen molar-refractivity contribution in [1.29, 1.82) is 0 Å². The zero-order valence-corrected chi connectivity index (χ0v) is 11.1. The van der Waals surface area contributed by atoms with Gasteiger partial charge in [0.1, 0.15) is 5.82 Å². The van der Waals surface area contributed by atoms with Gasteiger partial charge < -0.3 is 4.90 Å². The first-order valence-electron chi connectivity index (χ1n) is 6.13. The minimum Gasteiger partial charge on any atom is -0.370 e. The maximum absolute atomic E-state index is 12.9. The smallest absolute Gasteiger partial charge is 0.161 e. The van der Waals surface area contributed by atoms with Gasteiger partial charge in [0.05, 0.1) is 0 Å². The van der Waals surface area contributed by atoms with E-state index in [2.05, 4.69) is 0 Å². The maximum Gasteiger partial charge on any atom is 0.161 e. The zero-order valence-electron chi connectivity index (χ0n) is 11.1. The van der Waals surface area contributed by atoms with Gasteiger partial charge in [0.2, 0.25) is 0 Å². The Labute approximate surface area is 112 Å². The second-order valence-electron chi connectivity index (χ2n) is 4.56. The molecule has 0 aromatic heterocycles. The number of halogens is 1. The summed E-state index contributed by atoms with van der Waals surface area (Å²) >= 11 is 0. The molecule has 0 radical (unpaired) electrons. The van der Waals surface area contributed by atoms with Crippen molar-refractivity contribution in [1.82, 2.24) is 0 Å². The molecule has 0 saturated carbocycles. The molecule has 0 N–H and O–H groups in total. The SMILES string of the molecule is CC(=O)c1ccccc1N(C)Cc1ccc(F)cc1. The van der Waals surface area contributed by atoms with E-state index in [1.54, 1.807) is 19.1 Å². The number of hydrogen-bond acceptors (Lipinski definition) is 2. The van der Waals surface area contributed by atoms with Crippen molar-refractivity contribution < 1.29 is 9.18 Å². The molecule has 2 aromatic rings. The minimum atomic E-state index is -0.240. The van der Waals surface area contributed by atoms with Gasteiger partial charge in [0.15, 0.2) is 5.78 Å². The van der Waals surface area contributed by atoms with E-state index >= 15 is 0 Å². The van der Waals surface area contributed by atoms with Crippen molar-refractivity contribution in [2.75, 3.05) is 11.9 Å². The number of Topliss-reactive ketones (excluding diaryl/α,β-unsaturated/α-hetero) is 1. The number of anilines is 1. The minimum absolute atomic E-state index is 0.0431. The fourth-order valence-electron chi connectivity index (χ4n) is 2.05. The molecule has 19 heavy (non-hydrogen) atoms. The molecule has 3 heteroatoms. The average Bonchev–Trinajstić information content (AvgIpc) is 2.41. The number of carbonyl (C=O) groups excluding carboxylic acids is 1. The Hall–Kier alpha value is -2.16. The molecule has 0 spiro atoms. The van der Waals surface area contributed by atoms with E-state index in [0.29, 0.717) is 12.1 Å². The standard InChI is InChI=1S/C16H16FNO/c1-12(19)15-5-3-4-6-16(15)18(2)11-13-7-9-14(17)10-8-13/h3-10H,11H2,1-2H3. The highest BCUT2D eigenvalue weighted by atomic mass is 19.1. The molecule has 2 rings (SSSR count). The lowest BCUT2D eigenvalue weighted by molar-refractivity contribution is 0.101. The van der Waals surface area contributed by atoms with E-state index in [1.807, 2.05) is 36.2 Å². The third-order valence-corrected chi connectivity index (χ3v) is 3.03. The average molecular weight is 257 g/mol. The summed E-state index contributed by atoms with van der Waals surface area (Å²) in [5.74, 6) is -0.197. The van der Waals surface area contributed by atoms with Crippen LogP contribution in [0, 0.1) is 5.82 Å². The molecule has 0 unspecified atom stereocenters. The molecule has 0 atom stereocenters. The number of para-hydroxylation sites is 1. The van der Waals surface area contributed by atoms with Crippen molar-refractivity contribution in [3.63, 3.8) is 0 Å². The second-order valence-corrected chi connectivity index (χ2v) is 4.56. The normalized spacial score (nSPS) is 10.3. The van der Waals surface area contributed by atoms with Gasteiger partial charge in [0, 0.05) is 24.8 Å². The van der Waals surface area contributed by atoms with Crippen molar-refractivity contribution in [3.05, 3.63) is 65.5 Å². The fourth-order valence-corrected chi connectivity index (χ4v) is 2.05. The third-order valence-electron chi connectivity index (χ3n) is 3.03. The van der Waals surface area contributed by atoms with Crippen LogP contribution in [0.3, 0.4) is 0 Å².